The fourth-order valence-corrected chi connectivity index (χ4v) is 1.57. The lowest BCUT2D eigenvalue weighted by Gasteiger charge is -2.16. The molecule has 1 rings (SSSR count). The summed E-state index contributed by atoms with van der Waals surface area (Å²) in [6.45, 7) is 5.59. The minimum atomic E-state index is -0.545. The fourth-order valence-electron chi connectivity index (χ4n) is 1.57. The van der Waals surface area contributed by atoms with Gasteiger partial charge in [0.2, 0.25) is 0 Å². The zero-order chi connectivity index (χ0) is 14.3. The third kappa shape index (κ3) is 5.61. The molecular weight excluding hydrogens is 246 g/mol. The summed E-state index contributed by atoms with van der Waals surface area (Å²) < 4.78 is 10.3. The van der Waals surface area contributed by atoms with Crippen LogP contribution in [0, 0.1) is 0 Å². The first-order valence-electron chi connectivity index (χ1n) is 6.33. The average molecular weight is 267 g/mol. The van der Waals surface area contributed by atoms with Gasteiger partial charge in [-0.1, -0.05) is 12.1 Å². The molecule has 0 fully saturated rings. The minimum Gasteiger partial charge on any atom is -0.491 e. The summed E-state index contributed by atoms with van der Waals surface area (Å²) in [7, 11) is 0. The zero-order valence-electron chi connectivity index (χ0n) is 11.6. The Bertz CT molecular complexity index is 406. The third-order valence-electron chi connectivity index (χ3n) is 2.39. The lowest BCUT2D eigenvalue weighted by atomic mass is 10.1. The van der Waals surface area contributed by atoms with E-state index in [1.807, 2.05) is 45.0 Å². The third-order valence-corrected chi connectivity index (χ3v) is 2.39. The molecule has 0 aliphatic rings. The van der Waals surface area contributed by atoms with Gasteiger partial charge in [-0.15, -0.1) is 0 Å². The molecule has 106 valence electrons. The van der Waals surface area contributed by atoms with Crippen LogP contribution in [-0.4, -0.2) is 30.5 Å². The van der Waals surface area contributed by atoms with E-state index in [1.165, 1.54) is 0 Å². The molecule has 1 aromatic rings. The van der Waals surface area contributed by atoms with Crippen LogP contribution in [0.4, 0.5) is 4.79 Å². The first-order chi connectivity index (χ1) is 9.02. The van der Waals surface area contributed by atoms with Crippen LogP contribution in [0.2, 0.25) is 0 Å². The van der Waals surface area contributed by atoms with Crippen LogP contribution >= 0.6 is 0 Å². The van der Waals surface area contributed by atoms with Crippen molar-refractivity contribution in [1.82, 2.24) is 5.32 Å². The van der Waals surface area contributed by atoms with Crippen molar-refractivity contribution >= 4 is 6.09 Å². The molecule has 0 radical (unpaired) electrons. The Kier molecular flexibility index (Phi) is 6.15. The molecule has 0 saturated heterocycles. The van der Waals surface area contributed by atoms with E-state index < -0.39 is 6.09 Å². The molecule has 1 aromatic carbocycles. The number of benzene rings is 1. The normalized spacial score (nSPS) is 12.1. The van der Waals surface area contributed by atoms with Gasteiger partial charge >= 0.3 is 6.09 Å². The van der Waals surface area contributed by atoms with Gasteiger partial charge in [0, 0.05) is 0 Å². The summed E-state index contributed by atoms with van der Waals surface area (Å²) >= 11 is 0. The van der Waals surface area contributed by atoms with Gasteiger partial charge < -0.3 is 19.9 Å². The standard InChI is InChI=1S/C14H21NO4/c1-10(2)19-13-6-4-5-12(9-13)11(3)15-14(17)18-8-7-16/h4-6,9-11,16H,7-8H2,1-3H3,(H,15,17). The Balaban J connectivity index is 2.61. The lowest BCUT2D eigenvalue weighted by Crippen LogP contribution is -2.28. The number of hydrogen-bond acceptors (Lipinski definition) is 4. The largest absolute Gasteiger partial charge is 0.491 e. The number of ether oxygens (including phenoxy) is 2. The van der Waals surface area contributed by atoms with E-state index in [9.17, 15) is 4.79 Å². The van der Waals surface area contributed by atoms with Gasteiger partial charge in [0.15, 0.2) is 0 Å². The number of carbonyl (C=O) groups is 1. The Hall–Kier alpha value is -1.75. The van der Waals surface area contributed by atoms with E-state index in [1.54, 1.807) is 0 Å². The molecule has 19 heavy (non-hydrogen) atoms. The second-order valence-corrected chi connectivity index (χ2v) is 4.46. The predicted molar refractivity (Wildman–Crippen MR) is 72.2 cm³/mol. The van der Waals surface area contributed by atoms with Crippen molar-refractivity contribution in [2.75, 3.05) is 13.2 Å². The maximum absolute atomic E-state index is 11.4. The number of alkyl carbamates (subject to hydrolysis) is 1. The highest BCUT2D eigenvalue weighted by Gasteiger charge is 2.11. The molecular formula is C14H21NO4. The van der Waals surface area contributed by atoms with Crippen LogP contribution in [-0.2, 0) is 4.74 Å². The summed E-state index contributed by atoms with van der Waals surface area (Å²) in [5, 5.41) is 11.2. The van der Waals surface area contributed by atoms with Crippen molar-refractivity contribution in [3.8, 4) is 5.75 Å². The number of aliphatic hydroxyl groups excluding tert-OH is 1. The number of aliphatic hydroxyl groups is 1. The summed E-state index contributed by atoms with van der Waals surface area (Å²) in [4.78, 5) is 11.4. The quantitative estimate of drug-likeness (QED) is 0.829. The lowest BCUT2D eigenvalue weighted by molar-refractivity contribution is 0.116. The topological polar surface area (TPSA) is 67.8 Å². The van der Waals surface area contributed by atoms with E-state index >= 15 is 0 Å². The molecule has 5 nitrogen and oxygen atoms in total. The monoisotopic (exact) mass is 267 g/mol. The van der Waals surface area contributed by atoms with Gasteiger partial charge in [0.1, 0.15) is 12.4 Å². The average Bonchev–Trinajstić information content (AvgIpc) is 2.35. The van der Waals surface area contributed by atoms with Crippen LogP contribution in [0.15, 0.2) is 24.3 Å². The van der Waals surface area contributed by atoms with E-state index in [0.717, 1.165) is 11.3 Å². The van der Waals surface area contributed by atoms with E-state index in [2.05, 4.69) is 5.32 Å². The number of nitrogens with one attached hydrogen (secondary N) is 1. The van der Waals surface area contributed by atoms with Gasteiger partial charge in [0.05, 0.1) is 18.8 Å². The predicted octanol–water partition coefficient (Wildman–Crippen LogP) is 2.25. The molecule has 0 aliphatic carbocycles. The maximum atomic E-state index is 11.4. The first-order valence-corrected chi connectivity index (χ1v) is 6.33. The molecule has 1 amide bonds. The van der Waals surface area contributed by atoms with Crippen molar-refractivity contribution < 1.29 is 19.4 Å². The number of hydrogen-bond donors (Lipinski definition) is 2. The van der Waals surface area contributed by atoms with Crippen LogP contribution in [0.1, 0.15) is 32.4 Å². The van der Waals surface area contributed by atoms with Crippen molar-refractivity contribution in [3.63, 3.8) is 0 Å². The Morgan fingerprint density at radius 1 is 1.37 bits per heavy atom. The Labute approximate surface area is 113 Å². The van der Waals surface area contributed by atoms with Gasteiger partial charge in [-0.2, -0.15) is 0 Å². The van der Waals surface area contributed by atoms with Gasteiger partial charge in [-0.25, -0.2) is 4.79 Å². The molecule has 0 aliphatic heterocycles. The molecule has 0 bridgehead atoms. The molecule has 0 aromatic heterocycles. The first kappa shape index (κ1) is 15.3. The number of amides is 1. The van der Waals surface area contributed by atoms with Crippen LogP contribution < -0.4 is 10.1 Å². The van der Waals surface area contributed by atoms with Crippen molar-refractivity contribution in [2.24, 2.45) is 0 Å². The van der Waals surface area contributed by atoms with Crippen LogP contribution in [0.25, 0.3) is 0 Å². The SMILES string of the molecule is CC(C)Oc1cccc(C(C)NC(=O)OCCO)c1. The molecule has 2 N–H and O–H groups in total. The van der Waals surface area contributed by atoms with Crippen LogP contribution in [0.3, 0.4) is 0 Å². The summed E-state index contributed by atoms with van der Waals surface area (Å²) in [5.41, 5.74) is 0.930. The van der Waals surface area contributed by atoms with Gasteiger partial charge in [0.25, 0.3) is 0 Å². The molecule has 0 saturated carbocycles. The number of rotatable bonds is 6. The highest BCUT2D eigenvalue weighted by molar-refractivity contribution is 5.67. The molecule has 0 spiro atoms. The molecule has 1 atom stereocenters. The van der Waals surface area contributed by atoms with E-state index in [4.69, 9.17) is 14.6 Å². The fraction of sp³-hybridized carbons (Fsp3) is 0.500. The van der Waals surface area contributed by atoms with Gasteiger partial charge in [-0.05, 0) is 38.5 Å². The van der Waals surface area contributed by atoms with Crippen molar-refractivity contribution in [3.05, 3.63) is 29.8 Å². The molecule has 0 heterocycles. The zero-order valence-corrected chi connectivity index (χ0v) is 11.6. The second kappa shape index (κ2) is 7.63. The second-order valence-electron chi connectivity index (χ2n) is 4.46. The Morgan fingerprint density at radius 2 is 2.11 bits per heavy atom. The summed E-state index contributed by atoms with van der Waals surface area (Å²) in [5.74, 6) is 0.768. The number of carbonyl (C=O) groups excluding carboxylic acids is 1. The van der Waals surface area contributed by atoms with Crippen LogP contribution in [0.5, 0.6) is 5.75 Å². The Morgan fingerprint density at radius 3 is 2.74 bits per heavy atom. The summed E-state index contributed by atoms with van der Waals surface area (Å²) in [6.07, 6.45) is -0.440. The maximum Gasteiger partial charge on any atom is 0.407 e. The highest BCUT2D eigenvalue weighted by Crippen LogP contribution is 2.20. The van der Waals surface area contributed by atoms with Crippen molar-refractivity contribution in [1.29, 1.82) is 0 Å². The minimum absolute atomic E-state index is 0.00491. The molecule has 1 unspecified atom stereocenters. The van der Waals surface area contributed by atoms with E-state index in [0.29, 0.717) is 0 Å². The highest BCUT2D eigenvalue weighted by atomic mass is 16.6. The van der Waals surface area contributed by atoms with E-state index in [-0.39, 0.29) is 25.4 Å². The van der Waals surface area contributed by atoms with Crippen molar-refractivity contribution in [2.45, 2.75) is 32.9 Å². The summed E-state index contributed by atoms with van der Waals surface area (Å²) in [6, 6.07) is 7.35. The molecule has 5 heteroatoms. The smallest absolute Gasteiger partial charge is 0.407 e. The van der Waals surface area contributed by atoms with Gasteiger partial charge in [-0.3, -0.25) is 0 Å².